The summed E-state index contributed by atoms with van der Waals surface area (Å²) in [5.41, 5.74) is 0.549. The Kier molecular flexibility index (Phi) is 2.59. The summed E-state index contributed by atoms with van der Waals surface area (Å²) < 4.78 is 8.30. The summed E-state index contributed by atoms with van der Waals surface area (Å²) in [6, 6.07) is 7.68. The van der Waals surface area contributed by atoms with E-state index >= 15 is 0 Å². The Morgan fingerprint density at radius 3 is 2.76 bits per heavy atom. The van der Waals surface area contributed by atoms with Crippen LogP contribution in [0, 0.1) is 3.57 Å². The highest BCUT2D eigenvalue weighted by Crippen LogP contribution is 2.21. The van der Waals surface area contributed by atoms with Gasteiger partial charge >= 0.3 is 0 Å². The van der Waals surface area contributed by atoms with Crippen LogP contribution < -0.4 is 4.74 Å². The molecule has 0 aliphatic carbocycles. The van der Waals surface area contributed by atoms with Gasteiger partial charge in [0, 0.05) is 3.57 Å². The molecule has 0 amide bonds. The van der Waals surface area contributed by atoms with Crippen LogP contribution in [0.1, 0.15) is 0 Å². The SMILES string of the molecule is Ic1ccc(Oc2cncc3nnnn23)cc1. The fourth-order valence-corrected chi connectivity index (χ4v) is 1.71. The highest BCUT2D eigenvalue weighted by atomic mass is 127. The van der Waals surface area contributed by atoms with Gasteiger partial charge in [0.25, 0.3) is 0 Å². The maximum atomic E-state index is 5.66. The fraction of sp³-hybridized carbons (Fsp3) is 0. The number of hydrogen-bond donors (Lipinski definition) is 0. The molecule has 3 aromatic rings. The van der Waals surface area contributed by atoms with Crippen LogP contribution in [0.3, 0.4) is 0 Å². The Hall–Kier alpha value is -1.77. The molecule has 7 heteroatoms. The molecule has 0 bridgehead atoms. The van der Waals surface area contributed by atoms with Gasteiger partial charge < -0.3 is 4.74 Å². The third-order valence-corrected chi connectivity index (χ3v) is 2.83. The smallest absolute Gasteiger partial charge is 0.242 e. The molecule has 0 atom stereocenters. The van der Waals surface area contributed by atoms with Crippen LogP contribution in [0.5, 0.6) is 11.6 Å². The van der Waals surface area contributed by atoms with E-state index in [0.29, 0.717) is 11.5 Å². The quantitative estimate of drug-likeness (QED) is 0.668. The molecular weight excluding hydrogens is 333 g/mol. The van der Waals surface area contributed by atoms with Crippen LogP contribution in [0.15, 0.2) is 36.7 Å². The van der Waals surface area contributed by atoms with E-state index in [1.165, 1.54) is 4.52 Å². The minimum Gasteiger partial charge on any atom is -0.437 e. The number of ether oxygens (including phenoxy) is 1. The van der Waals surface area contributed by atoms with E-state index in [4.69, 9.17) is 4.74 Å². The third-order valence-electron chi connectivity index (χ3n) is 2.11. The second-order valence-electron chi connectivity index (χ2n) is 3.25. The van der Waals surface area contributed by atoms with E-state index in [1.807, 2.05) is 24.3 Å². The molecule has 17 heavy (non-hydrogen) atoms. The van der Waals surface area contributed by atoms with Gasteiger partial charge in [-0.3, -0.25) is 4.98 Å². The van der Waals surface area contributed by atoms with Gasteiger partial charge in [-0.25, -0.2) is 0 Å². The lowest BCUT2D eigenvalue weighted by atomic mass is 10.3. The van der Waals surface area contributed by atoms with Gasteiger partial charge in [-0.1, -0.05) is 0 Å². The molecule has 2 aromatic heterocycles. The lowest BCUT2D eigenvalue weighted by molar-refractivity contribution is 0.442. The second kappa shape index (κ2) is 4.24. The number of benzene rings is 1. The van der Waals surface area contributed by atoms with Crippen LogP contribution in [0.2, 0.25) is 0 Å². The van der Waals surface area contributed by atoms with Crippen molar-refractivity contribution in [2.75, 3.05) is 0 Å². The van der Waals surface area contributed by atoms with E-state index in [-0.39, 0.29) is 0 Å². The van der Waals surface area contributed by atoms with Crippen molar-refractivity contribution in [3.05, 3.63) is 40.2 Å². The summed E-state index contributed by atoms with van der Waals surface area (Å²) in [7, 11) is 0. The molecule has 0 N–H and O–H groups in total. The molecule has 0 saturated heterocycles. The number of hydrogen-bond acceptors (Lipinski definition) is 5. The van der Waals surface area contributed by atoms with E-state index in [1.54, 1.807) is 12.4 Å². The molecule has 6 nitrogen and oxygen atoms in total. The second-order valence-corrected chi connectivity index (χ2v) is 4.50. The Morgan fingerprint density at radius 1 is 1.12 bits per heavy atom. The molecule has 0 saturated carbocycles. The summed E-state index contributed by atoms with van der Waals surface area (Å²) >= 11 is 2.24. The lowest BCUT2D eigenvalue weighted by Crippen LogP contribution is -1.96. The maximum absolute atomic E-state index is 5.66. The van der Waals surface area contributed by atoms with Crippen molar-refractivity contribution in [3.63, 3.8) is 0 Å². The normalized spacial score (nSPS) is 10.6. The van der Waals surface area contributed by atoms with Crippen LogP contribution in [-0.2, 0) is 0 Å². The molecule has 0 aliphatic rings. The zero-order valence-electron chi connectivity index (χ0n) is 8.49. The van der Waals surface area contributed by atoms with Crippen LogP contribution in [0.4, 0.5) is 0 Å². The van der Waals surface area contributed by atoms with Gasteiger partial charge in [0.15, 0.2) is 0 Å². The van der Waals surface area contributed by atoms with Crippen molar-refractivity contribution in [1.82, 2.24) is 25.0 Å². The first-order valence-electron chi connectivity index (χ1n) is 4.78. The van der Waals surface area contributed by atoms with Crippen LogP contribution in [0.25, 0.3) is 5.65 Å². The first kappa shape index (κ1) is 10.4. The van der Waals surface area contributed by atoms with Crippen molar-refractivity contribution < 1.29 is 4.74 Å². The third kappa shape index (κ3) is 2.05. The van der Waals surface area contributed by atoms with E-state index < -0.39 is 0 Å². The van der Waals surface area contributed by atoms with Crippen molar-refractivity contribution in [3.8, 4) is 11.6 Å². The molecule has 0 spiro atoms. The summed E-state index contributed by atoms with van der Waals surface area (Å²) in [6.07, 6.45) is 3.14. The van der Waals surface area contributed by atoms with Crippen molar-refractivity contribution in [1.29, 1.82) is 0 Å². The minimum absolute atomic E-state index is 0.480. The number of halogens is 1. The Bertz CT molecular complexity index is 651. The lowest BCUT2D eigenvalue weighted by Gasteiger charge is -2.05. The average Bonchev–Trinajstić information content (AvgIpc) is 2.81. The van der Waals surface area contributed by atoms with Gasteiger partial charge in [-0.05, 0) is 57.3 Å². The highest BCUT2D eigenvalue weighted by molar-refractivity contribution is 14.1. The Balaban J connectivity index is 1.99. The Labute approximate surface area is 110 Å². The van der Waals surface area contributed by atoms with Crippen molar-refractivity contribution >= 4 is 28.2 Å². The summed E-state index contributed by atoms with van der Waals surface area (Å²) in [5, 5.41) is 11.2. The largest absolute Gasteiger partial charge is 0.437 e. The van der Waals surface area contributed by atoms with Gasteiger partial charge in [-0.15, -0.1) is 5.10 Å². The fourth-order valence-electron chi connectivity index (χ4n) is 1.35. The number of fused-ring (bicyclic) bond motifs is 1. The topological polar surface area (TPSA) is 65.2 Å². The van der Waals surface area contributed by atoms with Crippen molar-refractivity contribution in [2.24, 2.45) is 0 Å². The molecule has 3 rings (SSSR count). The molecule has 0 fully saturated rings. The molecule has 84 valence electrons. The number of nitrogens with zero attached hydrogens (tertiary/aromatic N) is 5. The first-order valence-corrected chi connectivity index (χ1v) is 5.86. The monoisotopic (exact) mass is 339 g/mol. The van der Waals surface area contributed by atoms with Gasteiger partial charge in [0.05, 0.1) is 12.4 Å². The van der Waals surface area contributed by atoms with Crippen LogP contribution >= 0.6 is 22.6 Å². The maximum Gasteiger partial charge on any atom is 0.242 e. The van der Waals surface area contributed by atoms with E-state index in [0.717, 1.165) is 9.32 Å². The predicted molar refractivity (Wildman–Crippen MR) is 67.8 cm³/mol. The zero-order chi connectivity index (χ0) is 11.7. The minimum atomic E-state index is 0.480. The van der Waals surface area contributed by atoms with Crippen LogP contribution in [-0.4, -0.2) is 25.0 Å². The Morgan fingerprint density at radius 2 is 1.94 bits per heavy atom. The standard InChI is InChI=1S/C10H6IN5O/c11-7-1-3-8(4-2-7)17-10-6-12-5-9-13-14-15-16(9)10/h1-6H. The molecule has 0 unspecified atom stereocenters. The summed E-state index contributed by atoms with van der Waals surface area (Å²) in [4.78, 5) is 4.01. The number of tetrazole rings is 1. The van der Waals surface area contributed by atoms with E-state index in [2.05, 4.69) is 43.1 Å². The average molecular weight is 339 g/mol. The molecule has 1 aromatic carbocycles. The number of rotatable bonds is 2. The highest BCUT2D eigenvalue weighted by Gasteiger charge is 2.05. The molecular formula is C10H6IN5O. The summed E-state index contributed by atoms with van der Waals surface area (Å²) in [5.74, 6) is 1.20. The molecule has 0 radical (unpaired) electrons. The first-order chi connectivity index (χ1) is 8.33. The van der Waals surface area contributed by atoms with Gasteiger partial charge in [0.2, 0.25) is 11.5 Å². The van der Waals surface area contributed by atoms with E-state index in [9.17, 15) is 0 Å². The summed E-state index contributed by atoms with van der Waals surface area (Å²) in [6.45, 7) is 0. The predicted octanol–water partition coefficient (Wildman–Crippen LogP) is 1.92. The zero-order valence-corrected chi connectivity index (χ0v) is 10.6. The number of aromatic nitrogens is 5. The van der Waals surface area contributed by atoms with Gasteiger partial charge in [-0.2, -0.15) is 4.52 Å². The molecule has 0 aliphatic heterocycles. The molecule has 2 heterocycles. The van der Waals surface area contributed by atoms with Gasteiger partial charge in [0.1, 0.15) is 5.75 Å². The van der Waals surface area contributed by atoms with Crippen molar-refractivity contribution in [2.45, 2.75) is 0 Å².